The minimum absolute atomic E-state index is 0.0302. The molecule has 1 aromatic carbocycles. The molecular weight excluding hydrogens is 222 g/mol. The summed E-state index contributed by atoms with van der Waals surface area (Å²) in [5.74, 6) is 2.66. The van der Waals surface area contributed by atoms with E-state index in [2.05, 4.69) is 23.4 Å². The minimum atomic E-state index is -0.147. The number of hydrogen-bond acceptors (Lipinski definition) is 1. The number of fused-ring (bicyclic) bond motifs is 1. The van der Waals surface area contributed by atoms with Crippen LogP contribution >= 0.6 is 0 Å². The summed E-state index contributed by atoms with van der Waals surface area (Å²) in [5.41, 5.74) is 2.48. The molecule has 2 nitrogen and oxygen atoms in total. The van der Waals surface area contributed by atoms with Gasteiger partial charge in [0.25, 0.3) is 0 Å². The van der Waals surface area contributed by atoms with Crippen LogP contribution in [-0.4, -0.2) is 11.9 Å². The average molecular weight is 241 g/mol. The van der Waals surface area contributed by atoms with Gasteiger partial charge in [0.05, 0.1) is 12.0 Å². The molecule has 0 heterocycles. The number of rotatable bonds is 3. The Kier molecular flexibility index (Phi) is 4.04. The van der Waals surface area contributed by atoms with Gasteiger partial charge in [-0.3, -0.25) is 4.79 Å². The van der Waals surface area contributed by atoms with Crippen molar-refractivity contribution in [3.8, 4) is 12.3 Å². The van der Waals surface area contributed by atoms with Crippen LogP contribution in [-0.2, 0) is 11.2 Å². The van der Waals surface area contributed by atoms with E-state index in [1.54, 1.807) is 0 Å². The van der Waals surface area contributed by atoms with E-state index in [0.29, 0.717) is 0 Å². The van der Waals surface area contributed by atoms with Crippen LogP contribution in [0.3, 0.4) is 0 Å². The Balaban J connectivity index is 2.15. The minimum Gasteiger partial charge on any atom is -0.342 e. The zero-order chi connectivity index (χ0) is 13.0. The molecule has 1 aromatic rings. The molecule has 0 saturated carbocycles. The predicted molar refractivity (Wildman–Crippen MR) is 73.2 cm³/mol. The van der Waals surface area contributed by atoms with Crippen molar-refractivity contribution in [1.82, 2.24) is 5.32 Å². The number of carbonyl (C=O) groups is 1. The lowest BCUT2D eigenvalue weighted by atomic mass is 9.82. The molecule has 1 N–H and O–H groups in total. The third-order valence-electron chi connectivity index (χ3n) is 3.61. The van der Waals surface area contributed by atoms with Crippen LogP contribution < -0.4 is 5.32 Å². The molecule has 18 heavy (non-hydrogen) atoms. The first kappa shape index (κ1) is 12.7. The highest BCUT2D eigenvalue weighted by Crippen LogP contribution is 2.31. The number of nitrogens with one attached hydrogen (secondary N) is 1. The molecule has 2 unspecified atom stereocenters. The van der Waals surface area contributed by atoms with Crippen LogP contribution in [0.25, 0.3) is 0 Å². The Morgan fingerprint density at radius 2 is 2.33 bits per heavy atom. The molecule has 2 rings (SSSR count). The van der Waals surface area contributed by atoms with E-state index < -0.39 is 0 Å². The van der Waals surface area contributed by atoms with Crippen molar-refractivity contribution in [1.29, 1.82) is 0 Å². The van der Waals surface area contributed by atoms with E-state index in [1.165, 1.54) is 11.1 Å². The van der Waals surface area contributed by atoms with Gasteiger partial charge in [0.1, 0.15) is 0 Å². The number of benzene rings is 1. The third-order valence-corrected chi connectivity index (χ3v) is 3.61. The van der Waals surface area contributed by atoms with Gasteiger partial charge in [-0.15, -0.1) is 6.42 Å². The smallest absolute Gasteiger partial charge is 0.228 e. The van der Waals surface area contributed by atoms with Crippen LogP contribution in [0.5, 0.6) is 0 Å². The molecule has 2 atom stereocenters. The van der Waals surface area contributed by atoms with E-state index in [-0.39, 0.29) is 17.9 Å². The van der Waals surface area contributed by atoms with Crippen molar-refractivity contribution >= 4 is 5.91 Å². The summed E-state index contributed by atoms with van der Waals surface area (Å²) < 4.78 is 0. The highest BCUT2D eigenvalue weighted by molar-refractivity contribution is 5.84. The molecule has 0 radical (unpaired) electrons. The van der Waals surface area contributed by atoms with Gasteiger partial charge in [-0.05, 0) is 36.8 Å². The fourth-order valence-electron chi connectivity index (χ4n) is 2.56. The van der Waals surface area contributed by atoms with E-state index in [0.717, 1.165) is 25.7 Å². The fourth-order valence-corrected chi connectivity index (χ4v) is 2.56. The van der Waals surface area contributed by atoms with Crippen LogP contribution in [0, 0.1) is 12.3 Å². The largest absolute Gasteiger partial charge is 0.342 e. The molecule has 0 bridgehead atoms. The first-order valence-electron chi connectivity index (χ1n) is 6.60. The zero-order valence-corrected chi connectivity index (χ0v) is 10.8. The van der Waals surface area contributed by atoms with E-state index in [9.17, 15) is 4.79 Å². The summed E-state index contributed by atoms with van der Waals surface area (Å²) >= 11 is 0. The van der Waals surface area contributed by atoms with Gasteiger partial charge in [0, 0.05) is 0 Å². The van der Waals surface area contributed by atoms with Gasteiger partial charge < -0.3 is 5.32 Å². The van der Waals surface area contributed by atoms with E-state index >= 15 is 0 Å². The lowest BCUT2D eigenvalue weighted by Gasteiger charge is -2.25. The number of carbonyl (C=O) groups excluding carboxylic acids is 1. The van der Waals surface area contributed by atoms with Gasteiger partial charge >= 0.3 is 0 Å². The lowest BCUT2D eigenvalue weighted by Crippen LogP contribution is -2.37. The van der Waals surface area contributed by atoms with Gasteiger partial charge in [-0.2, -0.15) is 0 Å². The molecule has 0 saturated heterocycles. The number of aryl methyl sites for hydroxylation is 1. The fraction of sp³-hybridized carbons (Fsp3) is 0.438. The summed E-state index contributed by atoms with van der Waals surface area (Å²) in [4.78, 5) is 12.3. The predicted octanol–water partition coefficient (Wildman–Crippen LogP) is 2.63. The van der Waals surface area contributed by atoms with Crippen LogP contribution in [0.2, 0.25) is 0 Å². The summed E-state index contributed by atoms with van der Waals surface area (Å²) in [6.07, 6.45) is 9.23. The zero-order valence-electron chi connectivity index (χ0n) is 10.8. The van der Waals surface area contributed by atoms with Crippen molar-refractivity contribution in [2.24, 2.45) is 0 Å². The maximum Gasteiger partial charge on any atom is 0.228 e. The van der Waals surface area contributed by atoms with Crippen molar-refractivity contribution < 1.29 is 4.79 Å². The molecular formula is C16H19NO. The first-order valence-corrected chi connectivity index (χ1v) is 6.60. The normalized spacial score (nSPS) is 19.4. The molecule has 1 amide bonds. The topological polar surface area (TPSA) is 29.1 Å². The molecule has 0 fully saturated rings. The molecule has 0 aliphatic heterocycles. The monoisotopic (exact) mass is 241 g/mol. The Bertz CT molecular complexity index is 472. The second-order valence-electron chi connectivity index (χ2n) is 4.78. The Morgan fingerprint density at radius 1 is 1.56 bits per heavy atom. The van der Waals surface area contributed by atoms with Gasteiger partial charge in [-0.1, -0.05) is 37.1 Å². The van der Waals surface area contributed by atoms with Crippen LogP contribution in [0.1, 0.15) is 43.2 Å². The quantitative estimate of drug-likeness (QED) is 0.810. The maximum atomic E-state index is 12.3. The highest BCUT2D eigenvalue weighted by Gasteiger charge is 2.26. The first-order chi connectivity index (χ1) is 8.76. The number of hydrogen-bond donors (Lipinski definition) is 1. The Labute approximate surface area is 109 Å². The van der Waals surface area contributed by atoms with Gasteiger partial charge in [0.2, 0.25) is 5.91 Å². The number of terminal acetylenes is 1. The summed E-state index contributed by atoms with van der Waals surface area (Å²) in [6, 6.07) is 8.08. The molecule has 2 heteroatoms. The molecule has 0 spiro atoms. The highest BCUT2D eigenvalue weighted by atomic mass is 16.1. The van der Waals surface area contributed by atoms with Crippen molar-refractivity contribution in [3.63, 3.8) is 0 Å². The third kappa shape index (κ3) is 2.56. The molecule has 94 valence electrons. The van der Waals surface area contributed by atoms with Crippen LogP contribution in [0.4, 0.5) is 0 Å². The van der Waals surface area contributed by atoms with Crippen molar-refractivity contribution in [2.45, 2.75) is 44.6 Å². The summed E-state index contributed by atoms with van der Waals surface area (Å²) in [7, 11) is 0. The average Bonchev–Trinajstić information content (AvgIpc) is 2.43. The Hall–Kier alpha value is -1.75. The molecule has 0 aromatic heterocycles. The summed E-state index contributed by atoms with van der Waals surface area (Å²) in [6.45, 7) is 1.99. The Morgan fingerprint density at radius 3 is 3.06 bits per heavy atom. The van der Waals surface area contributed by atoms with Gasteiger partial charge in [-0.25, -0.2) is 0 Å². The second-order valence-corrected chi connectivity index (χ2v) is 4.78. The molecule has 1 aliphatic carbocycles. The van der Waals surface area contributed by atoms with Crippen molar-refractivity contribution in [2.75, 3.05) is 0 Å². The van der Waals surface area contributed by atoms with Crippen LogP contribution in [0.15, 0.2) is 24.3 Å². The van der Waals surface area contributed by atoms with E-state index in [1.807, 2.05) is 19.1 Å². The van der Waals surface area contributed by atoms with E-state index in [4.69, 9.17) is 6.42 Å². The SMILES string of the molecule is C#CC(CC)NC(=O)C1CCCc2ccccc21. The second kappa shape index (κ2) is 5.73. The lowest BCUT2D eigenvalue weighted by molar-refractivity contribution is -0.123. The standard InChI is InChI=1S/C16H19NO/c1-3-13(4-2)17-16(18)15-11-7-9-12-8-5-6-10-14(12)15/h1,5-6,8,10,13,15H,4,7,9,11H2,2H3,(H,17,18). The number of amides is 1. The summed E-state index contributed by atoms with van der Waals surface area (Å²) in [5, 5.41) is 2.95. The van der Waals surface area contributed by atoms with Gasteiger partial charge in [0.15, 0.2) is 0 Å². The molecule has 1 aliphatic rings. The van der Waals surface area contributed by atoms with Crippen molar-refractivity contribution in [3.05, 3.63) is 35.4 Å². The maximum absolute atomic E-state index is 12.3.